The van der Waals surface area contributed by atoms with E-state index in [1.165, 1.54) is 44.1 Å². The largest absolute Gasteiger partial charge is 0.459 e. The van der Waals surface area contributed by atoms with Crippen molar-refractivity contribution in [1.82, 2.24) is 4.90 Å². The quantitative estimate of drug-likeness (QED) is 0.0398. The summed E-state index contributed by atoms with van der Waals surface area (Å²) in [5.74, 6) is 0.410. The van der Waals surface area contributed by atoms with Gasteiger partial charge >= 0.3 is 0 Å². The number of carbonyl (C=O) groups is 1. The van der Waals surface area contributed by atoms with Crippen LogP contribution in [0.15, 0.2) is 65.9 Å². The highest BCUT2D eigenvalue weighted by Crippen LogP contribution is 2.62. The van der Waals surface area contributed by atoms with Crippen molar-refractivity contribution in [2.75, 3.05) is 53.3 Å². The first-order valence-electron chi connectivity index (χ1n) is 24.1. The average molecular weight is 875 g/mol. The second-order valence-electron chi connectivity index (χ2n) is 17.8. The van der Waals surface area contributed by atoms with Gasteiger partial charge in [0.2, 0.25) is 11.7 Å². The van der Waals surface area contributed by atoms with Crippen LogP contribution < -0.4 is 9.47 Å². The minimum atomic E-state index is -1.35. The van der Waals surface area contributed by atoms with Crippen LogP contribution in [0.2, 0.25) is 0 Å². The highest BCUT2D eigenvalue weighted by atomic mass is 16.7. The molecule has 11 nitrogen and oxygen atoms in total. The predicted octanol–water partition coefficient (Wildman–Crippen LogP) is 10.1. The van der Waals surface area contributed by atoms with Gasteiger partial charge in [0.05, 0.1) is 38.1 Å². The lowest BCUT2D eigenvalue weighted by atomic mass is 9.55. The fourth-order valence-electron chi connectivity index (χ4n) is 10.2. The molecule has 0 aromatic heterocycles. The van der Waals surface area contributed by atoms with E-state index in [9.17, 15) is 20.1 Å². The number of hydrogen-bond acceptors (Lipinski definition) is 10. The number of allylic oxidation sites excluding steroid dienone is 1. The van der Waals surface area contributed by atoms with Gasteiger partial charge in [-0.3, -0.25) is 4.79 Å². The lowest BCUT2D eigenvalue weighted by Crippen LogP contribution is -2.70. The van der Waals surface area contributed by atoms with Gasteiger partial charge in [-0.1, -0.05) is 94.5 Å². The number of nitrogens with zero attached hydrogens (tertiary/aromatic N) is 2. The highest BCUT2D eigenvalue weighted by Gasteiger charge is 2.65. The number of fused-ring (bicyclic) bond motifs is 2. The number of ether oxygens (including phenoxy) is 4. The number of carbonyl (C=O) groups excluding carboxylic acids is 1. The molecule has 0 radical (unpaired) electrons. The molecule has 1 amide bonds. The zero-order valence-electron chi connectivity index (χ0n) is 38.9. The Labute approximate surface area is 377 Å². The molecule has 0 spiro atoms. The van der Waals surface area contributed by atoms with E-state index in [4.69, 9.17) is 28.9 Å². The minimum absolute atomic E-state index is 0.00147. The molecule has 3 N–H and O–H groups in total. The second-order valence-corrected chi connectivity index (χ2v) is 17.8. The van der Waals surface area contributed by atoms with Gasteiger partial charge in [-0.25, -0.2) is 0 Å². The van der Waals surface area contributed by atoms with E-state index in [1.54, 1.807) is 13.2 Å². The molecule has 1 aliphatic heterocycles. The fourth-order valence-corrected chi connectivity index (χ4v) is 10.2. The monoisotopic (exact) mass is 875 g/mol. The Morgan fingerprint density at radius 3 is 2.25 bits per heavy atom. The van der Waals surface area contributed by atoms with Crippen molar-refractivity contribution in [3.05, 3.63) is 77.4 Å². The van der Waals surface area contributed by atoms with Crippen LogP contribution in [0.25, 0.3) is 0 Å². The number of amides is 1. The van der Waals surface area contributed by atoms with Gasteiger partial charge < -0.3 is 44.0 Å². The molecule has 1 fully saturated rings. The van der Waals surface area contributed by atoms with Crippen LogP contribution in [0.4, 0.5) is 0 Å². The SMILES string of the molecule is C=CCO[C@@]12Oc3ccc(Oc4ccc(C)c(C)c4)cc3[C@H]3[C@H](CCCCO)[C@@H](CCCCO)C=C(C(=NOC)C[C@@H]1N(CCOCCO)C(=O)CCCCCCCCCCC)[C@H]32. The van der Waals surface area contributed by atoms with Crippen LogP contribution in [-0.4, -0.2) is 97.0 Å². The maximum absolute atomic E-state index is 14.8. The molecule has 1 saturated carbocycles. The van der Waals surface area contributed by atoms with Crippen LogP contribution >= 0.6 is 0 Å². The number of unbranched alkanes of at least 4 members (excludes halogenated alkanes) is 10. The zero-order valence-corrected chi connectivity index (χ0v) is 38.9. The van der Waals surface area contributed by atoms with Crippen LogP contribution in [0.3, 0.4) is 0 Å². The van der Waals surface area contributed by atoms with E-state index in [1.807, 2.05) is 23.1 Å². The summed E-state index contributed by atoms with van der Waals surface area (Å²) >= 11 is 0. The Balaban J connectivity index is 1.63. The molecule has 0 unspecified atom stereocenters. The van der Waals surface area contributed by atoms with Crippen molar-refractivity contribution in [3.63, 3.8) is 0 Å². The van der Waals surface area contributed by atoms with Gasteiger partial charge in [0.25, 0.3) is 0 Å². The first kappa shape index (κ1) is 50.3. The van der Waals surface area contributed by atoms with E-state index in [-0.39, 0.29) is 69.8 Å². The fraction of sp³-hybridized carbons (Fsp3) is 0.654. The average Bonchev–Trinajstić information content (AvgIpc) is 3.28. The van der Waals surface area contributed by atoms with E-state index in [0.29, 0.717) is 37.2 Å². The summed E-state index contributed by atoms with van der Waals surface area (Å²) in [7, 11) is 1.56. The lowest BCUT2D eigenvalue weighted by Gasteiger charge is -2.60. The zero-order chi connectivity index (χ0) is 45.0. The molecule has 350 valence electrons. The molecule has 1 heterocycles. The standard InChI is InChI=1S/C52H78N2O9/c1-6-8-9-10-11-12-13-14-15-22-49(58)54(27-32-60-33-30-57)48-37-46(53-59-5)44-35-40(20-16-18-28-55)43(21-17-19-29-56)50-45-36-42(62-41-24-23-38(3)39(4)34-41)25-26-47(45)63-52(48,51(44)50)61-31-7-2/h7,23-26,34-36,40,43,48,50-51,55-57H,2,6,8-22,27-33,37H2,1,3-5H3/t40-,43+,48-,50+,51+,52+/m0/s1. The van der Waals surface area contributed by atoms with E-state index >= 15 is 0 Å². The molecule has 0 bridgehead atoms. The number of oxime groups is 1. The Morgan fingerprint density at radius 2 is 1.57 bits per heavy atom. The topological polar surface area (TPSA) is 140 Å². The third-order valence-corrected chi connectivity index (χ3v) is 13.5. The number of hydrogen-bond donors (Lipinski definition) is 3. The molecular formula is C52H78N2O9. The van der Waals surface area contributed by atoms with Gasteiger partial charge in [0.1, 0.15) is 30.4 Å². The van der Waals surface area contributed by atoms with Crippen molar-refractivity contribution in [1.29, 1.82) is 0 Å². The van der Waals surface area contributed by atoms with E-state index in [2.05, 4.69) is 51.6 Å². The van der Waals surface area contributed by atoms with Crippen LogP contribution in [-0.2, 0) is 19.1 Å². The Kier molecular flexibility index (Phi) is 21.0. The van der Waals surface area contributed by atoms with Crippen molar-refractivity contribution >= 4 is 11.6 Å². The molecular weight excluding hydrogens is 797 g/mol. The first-order valence-corrected chi connectivity index (χ1v) is 24.1. The van der Waals surface area contributed by atoms with Crippen molar-refractivity contribution in [2.45, 2.75) is 148 Å². The third kappa shape index (κ3) is 13.2. The highest BCUT2D eigenvalue weighted by molar-refractivity contribution is 6.03. The van der Waals surface area contributed by atoms with Gasteiger partial charge in [-0.05, 0) is 105 Å². The summed E-state index contributed by atoms with van der Waals surface area (Å²) in [5.41, 5.74) is 5.08. The number of aryl methyl sites for hydroxylation is 2. The summed E-state index contributed by atoms with van der Waals surface area (Å²) in [6, 6.07) is 11.5. The predicted molar refractivity (Wildman–Crippen MR) is 249 cm³/mol. The van der Waals surface area contributed by atoms with Crippen LogP contribution in [0, 0.1) is 31.6 Å². The number of benzene rings is 2. The number of aliphatic hydroxyl groups excluding tert-OH is 3. The Morgan fingerprint density at radius 1 is 0.873 bits per heavy atom. The molecule has 5 rings (SSSR count). The van der Waals surface area contributed by atoms with E-state index < -0.39 is 17.7 Å². The number of aliphatic hydroxyl groups is 3. The van der Waals surface area contributed by atoms with Gasteiger partial charge in [0, 0.05) is 44.1 Å². The molecule has 3 aliphatic rings. The lowest BCUT2D eigenvalue weighted by molar-refractivity contribution is -0.258. The summed E-state index contributed by atoms with van der Waals surface area (Å²) in [5, 5.41) is 34.2. The molecule has 6 atom stereocenters. The van der Waals surface area contributed by atoms with Crippen LogP contribution in [0.1, 0.15) is 139 Å². The molecule has 11 heteroatoms. The summed E-state index contributed by atoms with van der Waals surface area (Å²) in [6.45, 7) is 11.5. The molecule has 2 aromatic rings. The Hall–Kier alpha value is -3.74. The maximum atomic E-state index is 14.8. The van der Waals surface area contributed by atoms with Crippen LogP contribution in [0.5, 0.6) is 17.2 Å². The van der Waals surface area contributed by atoms with Gasteiger partial charge in [-0.15, -0.1) is 6.58 Å². The van der Waals surface area contributed by atoms with Crippen molar-refractivity contribution in [2.24, 2.45) is 22.9 Å². The third-order valence-electron chi connectivity index (χ3n) is 13.5. The summed E-state index contributed by atoms with van der Waals surface area (Å²) in [6.07, 6.45) is 19.9. The first-order chi connectivity index (χ1) is 30.8. The van der Waals surface area contributed by atoms with Gasteiger partial charge in [-0.2, -0.15) is 0 Å². The molecule has 0 saturated heterocycles. The Bertz CT molecular complexity index is 1780. The molecule has 2 aromatic carbocycles. The normalized spacial score (nSPS) is 23.1. The van der Waals surface area contributed by atoms with Crippen molar-refractivity contribution < 1.29 is 43.9 Å². The van der Waals surface area contributed by atoms with E-state index in [0.717, 1.165) is 73.1 Å². The maximum Gasteiger partial charge on any atom is 0.239 e. The summed E-state index contributed by atoms with van der Waals surface area (Å²) < 4.78 is 26.9. The van der Waals surface area contributed by atoms with Gasteiger partial charge in [0.15, 0.2) is 0 Å². The minimum Gasteiger partial charge on any atom is -0.459 e. The summed E-state index contributed by atoms with van der Waals surface area (Å²) in [4.78, 5) is 22.3. The second kappa shape index (κ2) is 26.3. The van der Waals surface area contributed by atoms with Crippen molar-refractivity contribution in [3.8, 4) is 17.2 Å². The smallest absolute Gasteiger partial charge is 0.239 e. The molecule has 63 heavy (non-hydrogen) atoms. The number of rotatable bonds is 30. The molecule has 2 aliphatic carbocycles.